The van der Waals surface area contributed by atoms with Crippen LogP contribution in [0.3, 0.4) is 0 Å². The van der Waals surface area contributed by atoms with E-state index in [-0.39, 0.29) is 0 Å². The minimum atomic E-state index is 0.388. The van der Waals surface area contributed by atoms with E-state index in [1.165, 1.54) is 32.4 Å². The third kappa shape index (κ3) is 5.33. The predicted octanol–water partition coefficient (Wildman–Crippen LogP) is 1.95. The smallest absolute Gasteiger partial charge is 0.191 e. The van der Waals surface area contributed by atoms with E-state index in [1.54, 1.807) is 7.05 Å². The second-order valence-electron chi connectivity index (χ2n) is 6.13. The molecule has 6 heteroatoms. The molecule has 0 aromatic carbocycles. The third-order valence-electron chi connectivity index (χ3n) is 3.99. The molecule has 0 unspecified atom stereocenters. The van der Waals surface area contributed by atoms with Gasteiger partial charge in [0.1, 0.15) is 0 Å². The van der Waals surface area contributed by atoms with Crippen LogP contribution < -0.4 is 10.6 Å². The van der Waals surface area contributed by atoms with Gasteiger partial charge in [0.15, 0.2) is 11.7 Å². The maximum atomic E-state index is 5.32. The second kappa shape index (κ2) is 8.78. The molecule has 0 saturated carbocycles. The van der Waals surface area contributed by atoms with Gasteiger partial charge in [0.25, 0.3) is 0 Å². The largest absolute Gasteiger partial charge is 0.359 e. The molecule has 0 aliphatic carbocycles. The van der Waals surface area contributed by atoms with Gasteiger partial charge in [-0.1, -0.05) is 25.4 Å². The van der Waals surface area contributed by atoms with Crippen LogP contribution in [0, 0.1) is 0 Å². The lowest BCUT2D eigenvalue weighted by molar-refractivity contribution is 0.232. The highest BCUT2D eigenvalue weighted by atomic mass is 16.5. The molecule has 1 fully saturated rings. The molecule has 124 valence electrons. The number of nitrogens with one attached hydrogen (secondary N) is 2. The first-order valence-electron chi connectivity index (χ1n) is 8.31. The van der Waals surface area contributed by atoms with Crippen molar-refractivity contribution in [2.24, 2.45) is 4.99 Å². The van der Waals surface area contributed by atoms with Crippen LogP contribution >= 0.6 is 0 Å². The van der Waals surface area contributed by atoms with Crippen LogP contribution in [-0.4, -0.2) is 49.2 Å². The first-order valence-corrected chi connectivity index (χ1v) is 8.31. The number of aliphatic imine (C=N–C) groups is 1. The van der Waals surface area contributed by atoms with Crippen LogP contribution in [0.15, 0.2) is 15.6 Å². The van der Waals surface area contributed by atoms with Gasteiger partial charge in [0.05, 0.1) is 12.2 Å². The molecule has 22 heavy (non-hydrogen) atoms. The van der Waals surface area contributed by atoms with Crippen LogP contribution in [0.2, 0.25) is 0 Å². The third-order valence-corrected chi connectivity index (χ3v) is 3.99. The van der Waals surface area contributed by atoms with E-state index in [2.05, 4.69) is 39.5 Å². The number of rotatable bonds is 6. The fourth-order valence-corrected chi connectivity index (χ4v) is 2.59. The second-order valence-corrected chi connectivity index (χ2v) is 6.13. The molecule has 2 N–H and O–H groups in total. The Hall–Kier alpha value is -1.56. The van der Waals surface area contributed by atoms with Crippen molar-refractivity contribution in [1.29, 1.82) is 0 Å². The summed E-state index contributed by atoms with van der Waals surface area (Å²) < 4.78 is 5.32. The summed E-state index contributed by atoms with van der Waals surface area (Å²) in [6.45, 7) is 9.25. The number of hydrogen-bond donors (Lipinski definition) is 2. The maximum Gasteiger partial charge on any atom is 0.191 e. The standard InChI is InChI=1S/C16H29N5O/c1-13(2)15-11-14(22-20-15)12-19-16(17-3)18-7-10-21-8-5-4-6-9-21/h11,13H,4-10,12H2,1-3H3,(H2,17,18,19). The Morgan fingerprint density at radius 2 is 2.09 bits per heavy atom. The molecular weight excluding hydrogens is 278 g/mol. The number of likely N-dealkylation sites (tertiary alicyclic amines) is 1. The predicted molar refractivity (Wildman–Crippen MR) is 89.1 cm³/mol. The van der Waals surface area contributed by atoms with Crippen LogP contribution in [-0.2, 0) is 6.54 Å². The van der Waals surface area contributed by atoms with Crippen molar-refractivity contribution in [2.45, 2.75) is 45.6 Å². The van der Waals surface area contributed by atoms with Gasteiger partial charge in [0, 0.05) is 26.2 Å². The lowest BCUT2D eigenvalue weighted by atomic mass is 10.1. The maximum absolute atomic E-state index is 5.32. The Bertz CT molecular complexity index is 463. The van der Waals surface area contributed by atoms with Crippen LogP contribution in [0.5, 0.6) is 0 Å². The van der Waals surface area contributed by atoms with E-state index < -0.39 is 0 Å². The zero-order chi connectivity index (χ0) is 15.8. The van der Waals surface area contributed by atoms with Crippen LogP contribution in [0.25, 0.3) is 0 Å². The average molecular weight is 307 g/mol. The molecule has 1 aliphatic rings. The van der Waals surface area contributed by atoms with E-state index >= 15 is 0 Å². The van der Waals surface area contributed by atoms with Gasteiger partial charge in [-0.2, -0.15) is 0 Å². The van der Waals surface area contributed by atoms with Crippen molar-refractivity contribution < 1.29 is 4.52 Å². The molecule has 0 radical (unpaired) electrons. The summed E-state index contributed by atoms with van der Waals surface area (Å²) in [6.07, 6.45) is 4.04. The number of guanidine groups is 1. The zero-order valence-electron chi connectivity index (χ0n) is 14.1. The molecule has 0 spiro atoms. The van der Waals surface area contributed by atoms with Crippen molar-refractivity contribution >= 4 is 5.96 Å². The Kier molecular flexibility index (Phi) is 6.71. The summed E-state index contributed by atoms with van der Waals surface area (Å²) in [6, 6.07) is 2.00. The first-order chi connectivity index (χ1) is 10.7. The summed E-state index contributed by atoms with van der Waals surface area (Å²) in [5.74, 6) is 2.03. The summed E-state index contributed by atoms with van der Waals surface area (Å²) in [4.78, 5) is 6.75. The molecule has 1 aliphatic heterocycles. The molecule has 0 atom stereocenters. The van der Waals surface area contributed by atoms with E-state index in [1.807, 2.05) is 6.07 Å². The fourth-order valence-electron chi connectivity index (χ4n) is 2.59. The molecule has 2 rings (SSSR count). The van der Waals surface area contributed by atoms with E-state index in [9.17, 15) is 0 Å². The highest BCUT2D eigenvalue weighted by molar-refractivity contribution is 5.79. The van der Waals surface area contributed by atoms with Gasteiger partial charge in [-0.3, -0.25) is 4.99 Å². The molecule has 1 aromatic rings. The quantitative estimate of drug-likeness (QED) is 0.621. The molecule has 0 amide bonds. The van der Waals surface area contributed by atoms with Gasteiger partial charge >= 0.3 is 0 Å². The first kappa shape index (κ1) is 16.8. The minimum absolute atomic E-state index is 0.388. The fraction of sp³-hybridized carbons (Fsp3) is 0.750. The normalized spacial score (nSPS) is 17.0. The molecule has 0 bridgehead atoms. The monoisotopic (exact) mass is 307 g/mol. The van der Waals surface area contributed by atoms with Gasteiger partial charge in [-0.15, -0.1) is 0 Å². The topological polar surface area (TPSA) is 65.7 Å². The highest BCUT2D eigenvalue weighted by Gasteiger charge is 2.10. The van der Waals surface area contributed by atoms with Crippen molar-refractivity contribution in [3.63, 3.8) is 0 Å². The molecule has 6 nitrogen and oxygen atoms in total. The van der Waals surface area contributed by atoms with Gasteiger partial charge in [-0.25, -0.2) is 0 Å². The summed E-state index contributed by atoms with van der Waals surface area (Å²) in [5, 5.41) is 10.7. The van der Waals surface area contributed by atoms with Crippen molar-refractivity contribution in [3.05, 3.63) is 17.5 Å². The Morgan fingerprint density at radius 1 is 1.32 bits per heavy atom. The van der Waals surface area contributed by atoms with Crippen molar-refractivity contribution in [1.82, 2.24) is 20.7 Å². The summed E-state index contributed by atoms with van der Waals surface area (Å²) in [5.41, 5.74) is 0.991. The van der Waals surface area contributed by atoms with Gasteiger partial charge < -0.3 is 20.1 Å². The Labute approximate surface area is 133 Å². The van der Waals surface area contributed by atoms with E-state index in [4.69, 9.17) is 4.52 Å². The summed E-state index contributed by atoms with van der Waals surface area (Å²) >= 11 is 0. The number of aromatic nitrogens is 1. The highest BCUT2D eigenvalue weighted by Crippen LogP contribution is 2.13. The number of piperidine rings is 1. The van der Waals surface area contributed by atoms with E-state index in [0.29, 0.717) is 12.5 Å². The van der Waals surface area contributed by atoms with Gasteiger partial charge in [-0.05, 0) is 31.8 Å². The molecule has 2 heterocycles. The number of nitrogens with zero attached hydrogens (tertiary/aromatic N) is 3. The molecule has 1 saturated heterocycles. The SMILES string of the molecule is CN=C(NCCN1CCCCC1)NCc1cc(C(C)C)no1. The van der Waals surface area contributed by atoms with Crippen molar-refractivity contribution in [2.75, 3.05) is 33.2 Å². The van der Waals surface area contributed by atoms with Crippen molar-refractivity contribution in [3.8, 4) is 0 Å². The Morgan fingerprint density at radius 3 is 2.73 bits per heavy atom. The van der Waals surface area contributed by atoms with Crippen LogP contribution in [0.4, 0.5) is 0 Å². The number of hydrogen-bond acceptors (Lipinski definition) is 4. The molecular formula is C16H29N5O. The lowest BCUT2D eigenvalue weighted by Gasteiger charge is -2.26. The van der Waals surface area contributed by atoms with Crippen LogP contribution in [0.1, 0.15) is 50.5 Å². The van der Waals surface area contributed by atoms with Gasteiger partial charge in [0.2, 0.25) is 0 Å². The molecule has 1 aromatic heterocycles. The lowest BCUT2D eigenvalue weighted by Crippen LogP contribution is -2.42. The summed E-state index contributed by atoms with van der Waals surface area (Å²) in [7, 11) is 1.79. The average Bonchev–Trinajstić information content (AvgIpc) is 3.01. The zero-order valence-corrected chi connectivity index (χ0v) is 14.1. The minimum Gasteiger partial charge on any atom is -0.359 e. The van der Waals surface area contributed by atoms with E-state index in [0.717, 1.165) is 30.5 Å². The Balaban J connectivity index is 1.68.